The van der Waals surface area contributed by atoms with E-state index in [2.05, 4.69) is 0 Å². The zero-order chi connectivity index (χ0) is 11.1. The molecule has 86 valence electrons. The Bertz CT molecular complexity index is 210. The van der Waals surface area contributed by atoms with Gasteiger partial charge in [-0.2, -0.15) is 0 Å². The zero-order valence-electron chi connectivity index (χ0n) is 11.3. The normalized spacial score (nSPS) is 12.9. The molecule has 0 bridgehead atoms. The van der Waals surface area contributed by atoms with Crippen LogP contribution in [0.15, 0.2) is 0 Å². The summed E-state index contributed by atoms with van der Waals surface area (Å²) in [5.41, 5.74) is 10.4. The van der Waals surface area contributed by atoms with Gasteiger partial charge < -0.3 is 24.5 Å². The van der Waals surface area contributed by atoms with Gasteiger partial charge in [0.05, 0.1) is 0 Å². The first-order valence-electron chi connectivity index (χ1n) is 3.66. The third kappa shape index (κ3) is 12.0. The van der Waals surface area contributed by atoms with Gasteiger partial charge in [-0.3, -0.25) is 9.59 Å². The van der Waals surface area contributed by atoms with E-state index in [1.807, 2.05) is 0 Å². The average molecular weight is 288 g/mol. The van der Waals surface area contributed by atoms with Crippen molar-refractivity contribution < 1.29 is 81.8 Å². The first kappa shape index (κ1) is 22.7. The van der Waals surface area contributed by atoms with Crippen molar-refractivity contribution in [2.45, 2.75) is 12.1 Å². The van der Waals surface area contributed by atoms with Gasteiger partial charge in [-0.25, -0.2) is 0 Å². The molecule has 0 saturated carbocycles. The minimum Gasteiger partial charge on any atom is -1.00 e. The fourth-order valence-electron chi connectivity index (χ4n) is 0.385. The van der Waals surface area contributed by atoms with Gasteiger partial charge in [0.2, 0.25) is 0 Å². The van der Waals surface area contributed by atoms with Crippen molar-refractivity contribution in [2.24, 2.45) is 11.5 Å². The van der Waals surface area contributed by atoms with Crippen LogP contribution in [0.3, 0.4) is 0 Å². The minimum absolute atomic E-state index is 0. The van der Waals surface area contributed by atoms with Gasteiger partial charge in [0.15, 0.2) is 0 Å². The molecule has 0 aliphatic rings. The zero-order valence-corrected chi connectivity index (χ0v) is 14.9. The second-order valence-corrected chi connectivity index (χ2v) is 5.01. The quantitative estimate of drug-likeness (QED) is 0.207. The maximum Gasteiger partial charge on any atom is 1.00 e. The van der Waals surface area contributed by atoms with E-state index >= 15 is 0 Å². The average Bonchev–Trinajstić information content (AvgIpc) is 2.11. The number of nitrogens with two attached hydrogens (primary N) is 2. The molecular weight excluding hydrogens is 274 g/mol. The molecule has 0 unspecified atom stereocenters. The van der Waals surface area contributed by atoms with Crippen LogP contribution in [-0.2, 0) is 9.59 Å². The Kier molecular flexibility index (Phi) is 18.5. The second-order valence-electron chi connectivity index (χ2n) is 2.46. The molecule has 0 spiro atoms. The number of rotatable bonds is 7. The number of carbonyl (C=O) groups is 2. The summed E-state index contributed by atoms with van der Waals surface area (Å²) in [4.78, 5) is 20.5. The predicted molar refractivity (Wildman–Crippen MR) is 58.4 cm³/mol. The number of aliphatic carboxylic acids is 2. The fourth-order valence-corrected chi connectivity index (χ4v) is 2.61. The van der Waals surface area contributed by atoms with E-state index in [0.29, 0.717) is 0 Å². The fraction of sp³-hybridized carbons (Fsp3) is 0.667. The summed E-state index contributed by atoms with van der Waals surface area (Å²) in [5, 5.41) is 16.8. The molecule has 0 rings (SSSR count). The molecule has 0 radical (unpaired) electrons. The van der Waals surface area contributed by atoms with E-state index < -0.39 is 24.0 Å². The molecule has 16 heavy (non-hydrogen) atoms. The van der Waals surface area contributed by atoms with Gasteiger partial charge in [0, 0.05) is 11.5 Å². The molecule has 10 heteroatoms. The van der Waals surface area contributed by atoms with Gasteiger partial charge >= 0.3 is 71.1 Å². The molecule has 6 N–H and O–H groups in total. The summed E-state index contributed by atoms with van der Waals surface area (Å²) < 4.78 is 0. The van der Waals surface area contributed by atoms with E-state index in [0.717, 1.165) is 0 Å². The van der Waals surface area contributed by atoms with E-state index in [-0.39, 0.29) is 73.5 Å². The molecule has 0 amide bonds. The number of carboxylic acid groups (broad SMARTS) is 2. The minimum atomic E-state index is -1.07. The van der Waals surface area contributed by atoms with Crippen LogP contribution in [0, 0.1) is 0 Å². The van der Waals surface area contributed by atoms with E-state index in [4.69, 9.17) is 21.7 Å². The van der Waals surface area contributed by atoms with Crippen LogP contribution in [0.4, 0.5) is 0 Å². The van der Waals surface area contributed by atoms with Crippen molar-refractivity contribution in [3.63, 3.8) is 0 Å². The monoisotopic (exact) mass is 288 g/mol. The Morgan fingerprint density at radius 2 is 1.25 bits per heavy atom. The van der Waals surface area contributed by atoms with Gasteiger partial charge in [-0.05, 0) is 0 Å². The van der Waals surface area contributed by atoms with Crippen LogP contribution in [0.5, 0.6) is 0 Å². The van der Waals surface area contributed by atoms with Crippen LogP contribution < -0.4 is 70.6 Å². The Morgan fingerprint density at radius 3 is 1.44 bits per heavy atom. The standard InChI is InChI=1S/C6H12N2O4S2.2Na.2H/c7-3(5(9)10)1-13-14-2-4(8)6(11)12;;;;/h3-4H,1-2,7-8H2,(H,9,10)(H,11,12);;;;/q;2*+1;2*-1/t3-,4-;;;;/m0..../s1. The van der Waals surface area contributed by atoms with Crippen molar-refractivity contribution in [2.75, 3.05) is 11.5 Å². The Hall–Kier alpha value is 1.56. The Balaban J connectivity index is -0.000000141. The molecule has 6 nitrogen and oxygen atoms in total. The summed E-state index contributed by atoms with van der Waals surface area (Å²) in [6.07, 6.45) is 0. The van der Waals surface area contributed by atoms with Crippen LogP contribution in [0.25, 0.3) is 0 Å². The van der Waals surface area contributed by atoms with Crippen molar-refractivity contribution in [1.82, 2.24) is 0 Å². The van der Waals surface area contributed by atoms with Crippen LogP contribution in [0.2, 0.25) is 0 Å². The predicted octanol–water partition coefficient (Wildman–Crippen LogP) is -6.58. The second kappa shape index (κ2) is 13.0. The summed E-state index contributed by atoms with van der Waals surface area (Å²) in [6, 6.07) is -1.85. The first-order valence-corrected chi connectivity index (χ1v) is 6.15. The molecule has 0 fully saturated rings. The maximum absolute atomic E-state index is 10.3. The van der Waals surface area contributed by atoms with Crippen LogP contribution in [-0.4, -0.2) is 45.7 Å². The Morgan fingerprint density at radius 1 is 1.00 bits per heavy atom. The van der Waals surface area contributed by atoms with Gasteiger partial charge in [0.1, 0.15) is 12.1 Å². The van der Waals surface area contributed by atoms with E-state index in [1.165, 1.54) is 21.6 Å². The van der Waals surface area contributed by atoms with Crippen molar-refractivity contribution in [3.05, 3.63) is 0 Å². The number of hydrogen-bond acceptors (Lipinski definition) is 6. The smallest absolute Gasteiger partial charge is 1.00 e. The van der Waals surface area contributed by atoms with Crippen molar-refractivity contribution in [3.8, 4) is 0 Å². The molecule has 0 aliphatic carbocycles. The first-order chi connectivity index (χ1) is 6.45. The molecule has 0 aromatic heterocycles. The van der Waals surface area contributed by atoms with Gasteiger partial charge in [-0.1, -0.05) is 21.6 Å². The summed E-state index contributed by atoms with van der Waals surface area (Å²) >= 11 is 0. The Labute approximate surface area is 149 Å². The summed E-state index contributed by atoms with van der Waals surface area (Å²) in [7, 11) is 2.41. The van der Waals surface area contributed by atoms with Gasteiger partial charge in [0.25, 0.3) is 0 Å². The maximum atomic E-state index is 10.3. The van der Waals surface area contributed by atoms with E-state index in [9.17, 15) is 9.59 Å². The van der Waals surface area contributed by atoms with Gasteiger partial charge in [-0.15, -0.1) is 0 Å². The SMILES string of the molecule is N[C@@H](CSSC[C@H](N)C(=O)O)C(=O)O.[H-].[H-].[Na+].[Na+]. The molecule has 0 heterocycles. The molecule has 0 saturated heterocycles. The van der Waals surface area contributed by atoms with Crippen LogP contribution in [0.1, 0.15) is 2.85 Å². The molecule has 0 aromatic carbocycles. The van der Waals surface area contributed by atoms with Crippen LogP contribution >= 0.6 is 21.6 Å². The largest absolute Gasteiger partial charge is 1.00 e. The van der Waals surface area contributed by atoms with Crippen molar-refractivity contribution in [1.29, 1.82) is 0 Å². The molecule has 2 atom stereocenters. The third-order valence-corrected chi connectivity index (χ3v) is 3.69. The molecule has 0 aromatic rings. The number of hydrogen-bond donors (Lipinski definition) is 4. The topological polar surface area (TPSA) is 127 Å². The van der Waals surface area contributed by atoms with E-state index in [1.54, 1.807) is 0 Å². The third-order valence-electron chi connectivity index (χ3n) is 1.21. The summed E-state index contributed by atoms with van der Waals surface area (Å²) in [5.74, 6) is -1.68. The summed E-state index contributed by atoms with van der Waals surface area (Å²) in [6.45, 7) is 0. The molecule has 0 aliphatic heterocycles. The molecular formula is C6H14N2Na2O4S2. The van der Waals surface area contributed by atoms with Crippen molar-refractivity contribution >= 4 is 33.5 Å². The number of carboxylic acids is 2.